The number of nitrogens with zero attached hydrogens (tertiary/aromatic N) is 1. The van der Waals surface area contributed by atoms with Crippen LogP contribution in [0, 0.1) is 6.92 Å². The SMILES string of the molecule is CCCCc1c(C)cc(O)n(Cc2ccc(S(=O)(=O)O)cc2)c1=O. The summed E-state index contributed by atoms with van der Waals surface area (Å²) < 4.78 is 32.4. The molecule has 0 atom stereocenters. The molecule has 1 aromatic heterocycles. The van der Waals surface area contributed by atoms with Crippen LogP contribution in [0.15, 0.2) is 40.0 Å². The number of aromatic hydroxyl groups is 1. The Labute approximate surface area is 141 Å². The minimum Gasteiger partial charge on any atom is -0.494 e. The second-order valence-electron chi connectivity index (χ2n) is 5.78. The van der Waals surface area contributed by atoms with Gasteiger partial charge in [-0.2, -0.15) is 8.42 Å². The van der Waals surface area contributed by atoms with E-state index in [-0.39, 0.29) is 22.9 Å². The van der Waals surface area contributed by atoms with Gasteiger partial charge in [0.05, 0.1) is 11.4 Å². The molecule has 0 radical (unpaired) electrons. The van der Waals surface area contributed by atoms with Gasteiger partial charge in [0.25, 0.3) is 15.7 Å². The lowest BCUT2D eigenvalue weighted by molar-refractivity contribution is 0.412. The van der Waals surface area contributed by atoms with Crippen molar-refractivity contribution in [2.45, 2.75) is 44.6 Å². The van der Waals surface area contributed by atoms with Crippen molar-refractivity contribution in [3.8, 4) is 5.88 Å². The molecule has 0 fully saturated rings. The van der Waals surface area contributed by atoms with Gasteiger partial charge >= 0.3 is 0 Å². The summed E-state index contributed by atoms with van der Waals surface area (Å²) in [5.41, 5.74) is 1.86. The first-order valence-electron chi connectivity index (χ1n) is 7.72. The van der Waals surface area contributed by atoms with E-state index in [1.807, 2.05) is 6.92 Å². The molecule has 0 saturated heterocycles. The Bertz CT molecular complexity index is 882. The van der Waals surface area contributed by atoms with Crippen molar-refractivity contribution >= 4 is 10.1 Å². The first-order chi connectivity index (χ1) is 11.2. The monoisotopic (exact) mass is 351 g/mol. The van der Waals surface area contributed by atoms with E-state index in [0.29, 0.717) is 17.5 Å². The molecule has 1 aromatic carbocycles. The first-order valence-corrected chi connectivity index (χ1v) is 9.16. The Balaban J connectivity index is 2.37. The van der Waals surface area contributed by atoms with Crippen LogP contribution in [-0.2, 0) is 23.1 Å². The van der Waals surface area contributed by atoms with Crippen molar-refractivity contribution in [1.29, 1.82) is 0 Å². The second-order valence-corrected chi connectivity index (χ2v) is 7.20. The maximum absolute atomic E-state index is 12.6. The number of hydrogen-bond acceptors (Lipinski definition) is 4. The fourth-order valence-corrected chi connectivity index (χ4v) is 3.03. The van der Waals surface area contributed by atoms with Crippen LogP contribution < -0.4 is 5.56 Å². The Kier molecular flexibility index (Phi) is 5.46. The van der Waals surface area contributed by atoms with E-state index in [9.17, 15) is 18.3 Å². The summed E-state index contributed by atoms with van der Waals surface area (Å²) in [5, 5.41) is 10.1. The molecule has 2 N–H and O–H groups in total. The smallest absolute Gasteiger partial charge is 0.294 e. The van der Waals surface area contributed by atoms with Gasteiger partial charge < -0.3 is 5.11 Å². The first kappa shape index (κ1) is 18.2. The van der Waals surface area contributed by atoms with Crippen molar-refractivity contribution in [2.75, 3.05) is 0 Å². The fraction of sp³-hybridized carbons (Fsp3) is 0.353. The number of pyridine rings is 1. The normalized spacial score (nSPS) is 11.6. The van der Waals surface area contributed by atoms with Crippen molar-refractivity contribution < 1.29 is 18.1 Å². The van der Waals surface area contributed by atoms with Gasteiger partial charge in [-0.25, -0.2) is 0 Å². The number of aryl methyl sites for hydroxylation is 1. The lowest BCUT2D eigenvalue weighted by atomic mass is 10.0. The van der Waals surface area contributed by atoms with Crippen LogP contribution in [0.3, 0.4) is 0 Å². The van der Waals surface area contributed by atoms with Gasteiger partial charge in [-0.05, 0) is 43.0 Å². The van der Waals surface area contributed by atoms with Crippen molar-refractivity contribution in [1.82, 2.24) is 4.57 Å². The molecule has 2 aromatic rings. The van der Waals surface area contributed by atoms with E-state index in [1.165, 1.54) is 28.8 Å². The van der Waals surface area contributed by atoms with Gasteiger partial charge in [0.2, 0.25) is 0 Å². The molecule has 130 valence electrons. The largest absolute Gasteiger partial charge is 0.494 e. The molecule has 1 heterocycles. The van der Waals surface area contributed by atoms with E-state index in [4.69, 9.17) is 4.55 Å². The number of benzene rings is 1. The molecule has 0 unspecified atom stereocenters. The zero-order valence-corrected chi connectivity index (χ0v) is 14.5. The molecule has 0 amide bonds. The van der Waals surface area contributed by atoms with Crippen molar-refractivity contribution in [3.63, 3.8) is 0 Å². The maximum Gasteiger partial charge on any atom is 0.294 e. The summed E-state index contributed by atoms with van der Waals surface area (Å²) >= 11 is 0. The molecule has 0 aliphatic rings. The third kappa shape index (κ3) is 4.04. The maximum atomic E-state index is 12.6. The van der Waals surface area contributed by atoms with Gasteiger partial charge in [0, 0.05) is 11.6 Å². The second kappa shape index (κ2) is 7.19. The number of aromatic nitrogens is 1. The van der Waals surface area contributed by atoms with Crippen LogP contribution in [0.2, 0.25) is 0 Å². The van der Waals surface area contributed by atoms with Gasteiger partial charge in [0.1, 0.15) is 0 Å². The highest BCUT2D eigenvalue weighted by atomic mass is 32.2. The summed E-state index contributed by atoms with van der Waals surface area (Å²) in [6.07, 6.45) is 2.52. The van der Waals surface area contributed by atoms with Gasteiger partial charge in [0.15, 0.2) is 5.88 Å². The minimum absolute atomic E-state index is 0.121. The highest BCUT2D eigenvalue weighted by Crippen LogP contribution is 2.17. The van der Waals surface area contributed by atoms with Crippen LogP contribution in [0.25, 0.3) is 0 Å². The van der Waals surface area contributed by atoms with Gasteiger partial charge in [-0.3, -0.25) is 13.9 Å². The molecule has 2 rings (SSSR count). The predicted molar refractivity (Wildman–Crippen MR) is 91.1 cm³/mol. The number of rotatable bonds is 6. The van der Waals surface area contributed by atoms with Crippen LogP contribution in [0.5, 0.6) is 5.88 Å². The average Bonchev–Trinajstić information content (AvgIpc) is 2.51. The summed E-state index contributed by atoms with van der Waals surface area (Å²) in [5.74, 6) is -0.128. The average molecular weight is 351 g/mol. The van der Waals surface area contributed by atoms with Crippen LogP contribution in [0.4, 0.5) is 0 Å². The highest BCUT2D eigenvalue weighted by molar-refractivity contribution is 7.85. The third-order valence-corrected chi connectivity index (χ3v) is 4.81. The van der Waals surface area contributed by atoms with E-state index in [0.717, 1.165) is 18.4 Å². The lowest BCUT2D eigenvalue weighted by Crippen LogP contribution is -2.25. The van der Waals surface area contributed by atoms with Crippen LogP contribution >= 0.6 is 0 Å². The molecule has 7 heteroatoms. The number of hydrogen-bond donors (Lipinski definition) is 2. The van der Waals surface area contributed by atoms with Gasteiger partial charge in [-0.1, -0.05) is 25.5 Å². The summed E-state index contributed by atoms with van der Waals surface area (Å²) in [4.78, 5) is 12.4. The molecule has 6 nitrogen and oxygen atoms in total. The molecular weight excluding hydrogens is 330 g/mol. The van der Waals surface area contributed by atoms with E-state index in [2.05, 4.69) is 0 Å². The van der Waals surface area contributed by atoms with Crippen LogP contribution in [0.1, 0.15) is 36.5 Å². The molecule has 0 spiro atoms. The minimum atomic E-state index is -4.25. The molecule has 0 aliphatic heterocycles. The van der Waals surface area contributed by atoms with Crippen molar-refractivity contribution in [2.24, 2.45) is 0 Å². The fourth-order valence-electron chi connectivity index (χ4n) is 2.55. The quantitative estimate of drug-likeness (QED) is 0.780. The highest BCUT2D eigenvalue weighted by Gasteiger charge is 2.13. The molecule has 24 heavy (non-hydrogen) atoms. The lowest BCUT2D eigenvalue weighted by Gasteiger charge is -2.13. The summed E-state index contributed by atoms with van der Waals surface area (Å²) in [6, 6.07) is 7.10. The molecular formula is C17H21NO5S. The topological polar surface area (TPSA) is 96.6 Å². The Morgan fingerprint density at radius 2 is 1.79 bits per heavy atom. The van der Waals surface area contributed by atoms with E-state index >= 15 is 0 Å². The summed E-state index contributed by atoms with van der Waals surface area (Å²) in [7, 11) is -4.25. The zero-order valence-electron chi connectivity index (χ0n) is 13.7. The Morgan fingerprint density at radius 3 is 2.33 bits per heavy atom. The third-order valence-electron chi connectivity index (χ3n) is 3.94. The number of unbranched alkanes of at least 4 members (excludes halogenated alkanes) is 1. The predicted octanol–water partition coefficient (Wildman–Crippen LogP) is 2.50. The Morgan fingerprint density at radius 1 is 1.17 bits per heavy atom. The molecule has 0 aliphatic carbocycles. The van der Waals surface area contributed by atoms with Crippen molar-refractivity contribution in [3.05, 3.63) is 57.4 Å². The Hall–Kier alpha value is -2.12. The molecule has 0 bridgehead atoms. The zero-order chi connectivity index (χ0) is 17.9. The standard InChI is InChI=1S/C17H21NO5S/c1-3-4-5-15-12(2)10-16(19)18(17(15)20)11-13-6-8-14(9-7-13)24(21,22)23/h6-10,19H,3-5,11H2,1-2H3,(H,21,22,23). The molecule has 0 saturated carbocycles. The van der Waals surface area contributed by atoms with E-state index < -0.39 is 10.1 Å². The van der Waals surface area contributed by atoms with E-state index in [1.54, 1.807) is 13.0 Å². The van der Waals surface area contributed by atoms with Crippen LogP contribution in [-0.4, -0.2) is 22.6 Å². The van der Waals surface area contributed by atoms with Gasteiger partial charge in [-0.15, -0.1) is 0 Å². The summed E-state index contributed by atoms with van der Waals surface area (Å²) in [6.45, 7) is 3.97.